The van der Waals surface area contributed by atoms with Crippen LogP contribution in [0.4, 0.5) is 17.6 Å². The number of methoxy groups -OCH3 is 1. The summed E-state index contributed by atoms with van der Waals surface area (Å²) in [7, 11) is 1.28. The van der Waals surface area contributed by atoms with Crippen LogP contribution in [-0.2, 0) is 18.0 Å². The van der Waals surface area contributed by atoms with Gasteiger partial charge < -0.3 is 19.3 Å². The van der Waals surface area contributed by atoms with E-state index in [0.717, 1.165) is 29.8 Å². The summed E-state index contributed by atoms with van der Waals surface area (Å²) in [5.41, 5.74) is 3.31. The van der Waals surface area contributed by atoms with Gasteiger partial charge in [0.1, 0.15) is 56.9 Å². The molecule has 0 aliphatic rings. The number of aromatic carboxylic acids is 1. The molecule has 0 aliphatic carbocycles. The van der Waals surface area contributed by atoms with E-state index >= 15 is 0 Å². The minimum Gasteiger partial charge on any atom is -0.487 e. The van der Waals surface area contributed by atoms with Crippen molar-refractivity contribution in [3.8, 4) is 22.9 Å². The van der Waals surface area contributed by atoms with Crippen LogP contribution in [0.15, 0.2) is 103 Å². The Hall–Kier alpha value is -6.00. The predicted octanol–water partition coefficient (Wildman–Crippen LogP) is 9.63. The molecule has 10 nitrogen and oxygen atoms in total. The lowest BCUT2D eigenvalue weighted by atomic mass is 10.1. The SMILES string of the molecule is COC(=O)c1ccc(C)c(-n2c(C)cc(OCc3ccc(F)cc3F)c(Br)c2=O)c1.Cc1ccc(C(=O)O)cc1-n1c(C)cc(OCc2ccc(F)cc2F)c(Br)c1=O. The highest BCUT2D eigenvalue weighted by Crippen LogP contribution is 2.28. The van der Waals surface area contributed by atoms with Crippen LogP contribution < -0.4 is 20.6 Å². The molecule has 0 saturated heterocycles. The van der Waals surface area contributed by atoms with E-state index in [1.807, 2.05) is 6.92 Å². The van der Waals surface area contributed by atoms with Gasteiger partial charge in [0, 0.05) is 46.8 Å². The summed E-state index contributed by atoms with van der Waals surface area (Å²) in [4.78, 5) is 49.1. The molecule has 0 unspecified atom stereocenters. The van der Waals surface area contributed by atoms with Gasteiger partial charge in [0.25, 0.3) is 11.1 Å². The molecule has 0 saturated carbocycles. The molecule has 16 heteroatoms. The highest BCUT2D eigenvalue weighted by Gasteiger charge is 2.19. The maximum absolute atomic E-state index is 13.8. The standard InChI is InChI=1S/C22H18BrF2NO4.C21H16BrF2NO4/c1-12-4-5-14(22(28)29-3)9-18(12)26-13(2)8-19(20(23)21(26)27)30-11-15-6-7-16(24)10-17(15)25;1-11-3-4-13(21(27)28)8-17(11)25-12(2)7-18(19(22)20(25)26)29-10-14-5-6-15(23)9-16(14)24/h4-10H,11H2,1-3H3;3-9H,10H2,1-2H3,(H,27,28). The summed E-state index contributed by atoms with van der Waals surface area (Å²) >= 11 is 6.46. The third-order valence-corrected chi connectivity index (χ3v) is 10.4. The van der Waals surface area contributed by atoms with Gasteiger partial charge >= 0.3 is 11.9 Å². The number of pyridine rings is 2. The average Bonchev–Trinajstić information content (AvgIpc) is 3.19. The molecule has 6 aromatic rings. The lowest BCUT2D eigenvalue weighted by Gasteiger charge is -2.17. The third-order valence-electron chi connectivity index (χ3n) is 8.96. The smallest absolute Gasteiger partial charge is 0.337 e. The summed E-state index contributed by atoms with van der Waals surface area (Å²) in [5.74, 6) is -4.04. The van der Waals surface area contributed by atoms with E-state index in [4.69, 9.17) is 14.2 Å². The highest BCUT2D eigenvalue weighted by atomic mass is 79.9. The Kier molecular flexibility index (Phi) is 14.0. The molecule has 0 atom stereocenters. The molecule has 1 N–H and O–H groups in total. The summed E-state index contributed by atoms with van der Waals surface area (Å²) in [5, 5.41) is 9.23. The van der Waals surface area contributed by atoms with Crippen LogP contribution in [0, 0.1) is 51.0 Å². The summed E-state index contributed by atoms with van der Waals surface area (Å²) in [6.07, 6.45) is 0. The molecule has 306 valence electrons. The Morgan fingerprint density at radius 2 is 1.02 bits per heavy atom. The number of esters is 1. The molecule has 0 amide bonds. The van der Waals surface area contributed by atoms with Crippen LogP contribution in [0.2, 0.25) is 0 Å². The molecule has 0 fully saturated rings. The lowest BCUT2D eigenvalue weighted by Crippen LogP contribution is -2.23. The second-order valence-corrected chi connectivity index (χ2v) is 14.6. The van der Waals surface area contributed by atoms with E-state index in [2.05, 4.69) is 31.9 Å². The fourth-order valence-electron chi connectivity index (χ4n) is 5.84. The number of rotatable bonds is 10. The maximum atomic E-state index is 13.8. The van der Waals surface area contributed by atoms with Gasteiger partial charge in [-0.2, -0.15) is 0 Å². The Morgan fingerprint density at radius 3 is 1.41 bits per heavy atom. The molecule has 6 rings (SSSR count). The van der Waals surface area contributed by atoms with E-state index in [0.29, 0.717) is 33.9 Å². The number of aryl methyl sites for hydroxylation is 4. The van der Waals surface area contributed by atoms with Gasteiger partial charge in [0.2, 0.25) is 0 Å². The van der Waals surface area contributed by atoms with Gasteiger partial charge in [0.05, 0.1) is 29.6 Å². The Morgan fingerprint density at radius 1 is 0.610 bits per heavy atom. The molecule has 2 aromatic heterocycles. The second-order valence-electron chi connectivity index (χ2n) is 13.1. The topological polar surface area (TPSA) is 126 Å². The summed E-state index contributed by atoms with van der Waals surface area (Å²) < 4.78 is 72.7. The molecule has 0 spiro atoms. The minimum atomic E-state index is -1.10. The van der Waals surface area contributed by atoms with Gasteiger partial charge in [-0.15, -0.1) is 0 Å². The number of benzene rings is 4. The van der Waals surface area contributed by atoms with Crippen molar-refractivity contribution in [1.82, 2.24) is 9.13 Å². The predicted molar refractivity (Wildman–Crippen MR) is 218 cm³/mol. The molecule has 0 bridgehead atoms. The van der Waals surface area contributed by atoms with Crippen molar-refractivity contribution in [3.63, 3.8) is 0 Å². The number of carboxylic acids is 1. The zero-order valence-corrected chi connectivity index (χ0v) is 35.1. The highest BCUT2D eigenvalue weighted by molar-refractivity contribution is 9.10. The number of hydrogen-bond acceptors (Lipinski definition) is 7. The lowest BCUT2D eigenvalue weighted by molar-refractivity contribution is 0.0599. The second kappa shape index (κ2) is 18.7. The van der Waals surface area contributed by atoms with Crippen LogP contribution >= 0.6 is 31.9 Å². The quantitative estimate of drug-likeness (QED) is 0.106. The zero-order chi connectivity index (χ0) is 43.3. The van der Waals surface area contributed by atoms with Crippen molar-refractivity contribution in [1.29, 1.82) is 0 Å². The van der Waals surface area contributed by atoms with E-state index in [1.165, 1.54) is 40.5 Å². The number of ether oxygens (including phenoxy) is 3. The van der Waals surface area contributed by atoms with Crippen LogP contribution in [-0.4, -0.2) is 33.3 Å². The largest absolute Gasteiger partial charge is 0.487 e. The monoisotopic (exact) mass is 940 g/mol. The van der Waals surface area contributed by atoms with E-state index in [9.17, 15) is 41.8 Å². The van der Waals surface area contributed by atoms with E-state index in [-0.39, 0.29) is 50.3 Å². The molecule has 0 aliphatic heterocycles. The molecule has 0 radical (unpaired) electrons. The zero-order valence-electron chi connectivity index (χ0n) is 32.0. The first-order valence-corrected chi connectivity index (χ1v) is 19.0. The van der Waals surface area contributed by atoms with Crippen LogP contribution in [0.1, 0.15) is 54.4 Å². The summed E-state index contributed by atoms with van der Waals surface area (Å²) in [6.45, 7) is 6.60. The van der Waals surface area contributed by atoms with Gasteiger partial charge in [-0.3, -0.25) is 18.7 Å². The number of halogens is 6. The Balaban J connectivity index is 0.000000224. The number of carbonyl (C=O) groups is 2. The van der Waals surface area contributed by atoms with Gasteiger partial charge in [-0.05, 0) is 119 Å². The van der Waals surface area contributed by atoms with Crippen molar-refractivity contribution >= 4 is 43.8 Å². The van der Waals surface area contributed by atoms with Crippen molar-refractivity contribution in [2.24, 2.45) is 0 Å². The number of carbonyl (C=O) groups excluding carboxylic acids is 1. The summed E-state index contributed by atoms with van der Waals surface area (Å²) in [6, 6.07) is 19.0. The van der Waals surface area contributed by atoms with Crippen molar-refractivity contribution in [3.05, 3.63) is 183 Å². The number of aromatic nitrogens is 2. The van der Waals surface area contributed by atoms with Crippen LogP contribution in [0.5, 0.6) is 11.5 Å². The first kappa shape index (κ1) is 44.1. The molecule has 59 heavy (non-hydrogen) atoms. The fourth-order valence-corrected chi connectivity index (χ4v) is 6.65. The molecule has 4 aromatic carbocycles. The van der Waals surface area contributed by atoms with Gasteiger partial charge in [0.15, 0.2) is 0 Å². The van der Waals surface area contributed by atoms with Crippen molar-refractivity contribution in [2.45, 2.75) is 40.9 Å². The molecular weight excluding hydrogens is 908 g/mol. The number of hydrogen-bond donors (Lipinski definition) is 1. The minimum absolute atomic E-state index is 0.0557. The fraction of sp³-hybridized carbons (Fsp3) is 0.163. The molecule has 2 heterocycles. The van der Waals surface area contributed by atoms with Crippen molar-refractivity contribution in [2.75, 3.05) is 7.11 Å². The Bertz CT molecular complexity index is 2740. The first-order chi connectivity index (χ1) is 27.9. The average molecular weight is 943 g/mol. The van der Waals surface area contributed by atoms with Crippen molar-refractivity contribution < 1.29 is 46.5 Å². The number of carboxylic acid groups (broad SMARTS) is 1. The Labute approximate surface area is 351 Å². The maximum Gasteiger partial charge on any atom is 0.337 e. The molecular formula is C43H34Br2F4N2O8. The number of nitrogens with zero attached hydrogens (tertiary/aromatic N) is 2. The van der Waals surface area contributed by atoms with Gasteiger partial charge in [-0.25, -0.2) is 27.2 Å². The van der Waals surface area contributed by atoms with Crippen LogP contribution in [0.25, 0.3) is 11.4 Å². The third kappa shape index (κ3) is 10.0. The van der Waals surface area contributed by atoms with Crippen LogP contribution in [0.3, 0.4) is 0 Å². The van der Waals surface area contributed by atoms with Gasteiger partial charge in [-0.1, -0.05) is 12.1 Å². The van der Waals surface area contributed by atoms with E-state index < -0.39 is 46.3 Å². The normalized spacial score (nSPS) is 10.8. The van der Waals surface area contributed by atoms with E-state index in [1.54, 1.807) is 57.2 Å². The first-order valence-electron chi connectivity index (χ1n) is 17.4.